The van der Waals surface area contributed by atoms with E-state index in [0.29, 0.717) is 17.7 Å². The van der Waals surface area contributed by atoms with Gasteiger partial charge in [-0.3, -0.25) is 0 Å². The average molecular weight is 300 g/mol. The molecule has 1 aromatic heterocycles. The summed E-state index contributed by atoms with van der Waals surface area (Å²) >= 11 is 9.05. The van der Waals surface area contributed by atoms with E-state index >= 15 is 0 Å². The molecule has 94 valence electrons. The molecule has 0 unspecified atom stereocenters. The lowest BCUT2D eigenvalue weighted by Crippen LogP contribution is -2.15. The summed E-state index contributed by atoms with van der Waals surface area (Å²) in [4.78, 5) is 6.35. The number of aromatic nitrogens is 1. The smallest absolute Gasteiger partial charge is 0.183 e. The van der Waals surface area contributed by atoms with Crippen LogP contribution in [0.1, 0.15) is 4.88 Å². The minimum absolute atomic E-state index is 0.591. The monoisotopic (exact) mass is 299 g/mol. The summed E-state index contributed by atoms with van der Waals surface area (Å²) in [6.45, 7) is 1.24. The first-order chi connectivity index (χ1) is 8.81. The first kappa shape index (κ1) is 12.1. The van der Waals surface area contributed by atoms with E-state index in [2.05, 4.69) is 4.98 Å². The highest BCUT2D eigenvalue weighted by atomic mass is 35.5. The van der Waals surface area contributed by atoms with Gasteiger partial charge in [0.1, 0.15) is 13.2 Å². The number of nitrogens with zero attached hydrogens (tertiary/aromatic N) is 1. The lowest BCUT2D eigenvalue weighted by Gasteiger charge is -2.18. The Kier molecular flexibility index (Phi) is 3.63. The van der Waals surface area contributed by atoms with Crippen LogP contribution in [0.25, 0.3) is 0 Å². The van der Waals surface area contributed by atoms with Crippen molar-refractivity contribution in [2.24, 2.45) is 0 Å². The molecule has 1 aromatic carbocycles. The Morgan fingerprint density at radius 2 is 2.11 bits per heavy atom. The van der Waals surface area contributed by atoms with Crippen LogP contribution in [0.2, 0.25) is 4.47 Å². The fraction of sp³-hybridized carbons (Fsp3) is 0.250. The molecule has 0 aliphatic carbocycles. The molecule has 3 nitrogen and oxygen atoms in total. The Bertz CT molecular complexity index is 559. The van der Waals surface area contributed by atoms with Crippen LogP contribution in [0, 0.1) is 0 Å². The van der Waals surface area contributed by atoms with Gasteiger partial charge < -0.3 is 9.47 Å². The molecule has 0 N–H and O–H groups in total. The zero-order chi connectivity index (χ0) is 12.4. The number of rotatable bonds is 3. The van der Waals surface area contributed by atoms with Crippen LogP contribution in [-0.4, -0.2) is 18.2 Å². The van der Waals surface area contributed by atoms with Crippen molar-refractivity contribution in [3.8, 4) is 11.5 Å². The van der Waals surface area contributed by atoms with Gasteiger partial charge in [0.05, 0.1) is 0 Å². The van der Waals surface area contributed by atoms with Crippen molar-refractivity contribution in [3.05, 3.63) is 33.7 Å². The Labute approximate surface area is 118 Å². The minimum Gasteiger partial charge on any atom is -0.486 e. The molecular weight excluding hydrogens is 290 g/mol. The predicted octanol–water partition coefficient (Wildman–Crippen LogP) is 3.86. The molecule has 1 aliphatic heterocycles. The number of halogens is 1. The summed E-state index contributed by atoms with van der Waals surface area (Å²) in [7, 11) is 0. The van der Waals surface area contributed by atoms with Gasteiger partial charge in [-0.2, -0.15) is 0 Å². The van der Waals surface area contributed by atoms with Crippen LogP contribution < -0.4 is 9.47 Å². The van der Waals surface area contributed by atoms with Crippen molar-refractivity contribution in [1.29, 1.82) is 0 Å². The van der Waals surface area contributed by atoms with Gasteiger partial charge in [0.2, 0.25) is 0 Å². The average Bonchev–Trinajstić information content (AvgIpc) is 2.82. The number of thioether (sulfide) groups is 1. The molecule has 1 aliphatic rings. The molecule has 2 heterocycles. The van der Waals surface area contributed by atoms with Gasteiger partial charge in [-0.05, 0) is 18.2 Å². The zero-order valence-electron chi connectivity index (χ0n) is 9.39. The van der Waals surface area contributed by atoms with Crippen molar-refractivity contribution in [2.75, 3.05) is 13.2 Å². The number of hydrogen-bond acceptors (Lipinski definition) is 5. The van der Waals surface area contributed by atoms with Gasteiger partial charge in [0.25, 0.3) is 0 Å². The summed E-state index contributed by atoms with van der Waals surface area (Å²) in [6.07, 6.45) is 1.82. The second-order valence-electron chi connectivity index (χ2n) is 3.67. The van der Waals surface area contributed by atoms with E-state index in [-0.39, 0.29) is 0 Å². The van der Waals surface area contributed by atoms with Crippen LogP contribution in [0.5, 0.6) is 11.5 Å². The van der Waals surface area contributed by atoms with Gasteiger partial charge in [0.15, 0.2) is 16.0 Å². The Morgan fingerprint density at radius 3 is 2.89 bits per heavy atom. The Balaban J connectivity index is 1.69. The van der Waals surface area contributed by atoms with E-state index in [1.54, 1.807) is 11.8 Å². The molecule has 0 saturated carbocycles. The molecule has 2 aromatic rings. The van der Waals surface area contributed by atoms with Crippen LogP contribution in [0.4, 0.5) is 0 Å². The van der Waals surface area contributed by atoms with Crippen LogP contribution in [0.3, 0.4) is 0 Å². The topological polar surface area (TPSA) is 31.4 Å². The summed E-state index contributed by atoms with van der Waals surface area (Å²) in [5, 5.41) is 0. The largest absolute Gasteiger partial charge is 0.486 e. The normalized spacial score (nSPS) is 13.6. The third-order valence-electron chi connectivity index (χ3n) is 2.42. The van der Waals surface area contributed by atoms with Gasteiger partial charge in [-0.15, -0.1) is 23.1 Å². The molecule has 0 bridgehead atoms. The van der Waals surface area contributed by atoms with Gasteiger partial charge in [-0.1, -0.05) is 11.6 Å². The summed E-state index contributed by atoms with van der Waals surface area (Å²) in [5.74, 6) is 2.52. The van der Waals surface area contributed by atoms with Crippen molar-refractivity contribution < 1.29 is 9.47 Å². The lowest BCUT2D eigenvalue weighted by molar-refractivity contribution is 0.171. The fourth-order valence-corrected chi connectivity index (χ4v) is 3.54. The lowest BCUT2D eigenvalue weighted by atomic mass is 10.3. The third kappa shape index (κ3) is 2.74. The molecular formula is C12H10ClNO2S2. The first-order valence-electron chi connectivity index (χ1n) is 5.44. The Morgan fingerprint density at radius 1 is 1.28 bits per heavy atom. The fourth-order valence-electron chi connectivity index (χ4n) is 1.62. The van der Waals surface area contributed by atoms with Crippen molar-refractivity contribution in [3.63, 3.8) is 0 Å². The van der Waals surface area contributed by atoms with E-state index in [4.69, 9.17) is 21.1 Å². The third-order valence-corrected chi connectivity index (χ3v) is 4.76. The SMILES string of the molecule is Clc1ncc(CSc2ccc3c(c2)OCCO3)s1. The van der Waals surface area contributed by atoms with Gasteiger partial charge in [0, 0.05) is 21.7 Å². The molecule has 0 amide bonds. The first-order valence-corrected chi connectivity index (χ1v) is 7.62. The van der Waals surface area contributed by atoms with Crippen LogP contribution in [0.15, 0.2) is 29.3 Å². The maximum atomic E-state index is 5.80. The minimum atomic E-state index is 0.591. The predicted molar refractivity (Wildman–Crippen MR) is 74.1 cm³/mol. The molecule has 0 atom stereocenters. The number of benzene rings is 1. The van der Waals surface area contributed by atoms with E-state index in [1.807, 2.05) is 24.4 Å². The molecule has 0 fully saturated rings. The van der Waals surface area contributed by atoms with E-state index in [0.717, 1.165) is 22.1 Å². The summed E-state index contributed by atoms with van der Waals surface area (Å²) < 4.78 is 11.6. The standard InChI is InChI=1S/C12H10ClNO2S2/c13-12-14-6-9(18-12)7-17-8-1-2-10-11(5-8)16-4-3-15-10/h1-2,5-6H,3-4,7H2. The second-order valence-corrected chi connectivity index (χ2v) is 6.42. The maximum Gasteiger partial charge on any atom is 0.183 e. The van der Waals surface area contributed by atoms with E-state index in [9.17, 15) is 0 Å². The second kappa shape index (κ2) is 5.38. The number of hydrogen-bond donors (Lipinski definition) is 0. The quantitative estimate of drug-likeness (QED) is 0.805. The van der Waals surface area contributed by atoms with E-state index in [1.165, 1.54) is 16.2 Å². The zero-order valence-corrected chi connectivity index (χ0v) is 11.8. The summed E-state index contributed by atoms with van der Waals surface area (Å²) in [6, 6.07) is 6.01. The highest BCUT2D eigenvalue weighted by Gasteiger charge is 2.12. The maximum absolute atomic E-state index is 5.80. The van der Waals surface area contributed by atoms with Crippen molar-refractivity contribution in [2.45, 2.75) is 10.6 Å². The molecule has 0 spiro atoms. The number of thiazole rings is 1. The number of ether oxygens (including phenoxy) is 2. The highest BCUT2D eigenvalue weighted by Crippen LogP contribution is 2.35. The van der Waals surface area contributed by atoms with Crippen LogP contribution >= 0.6 is 34.7 Å². The van der Waals surface area contributed by atoms with Crippen molar-refractivity contribution >= 4 is 34.7 Å². The molecule has 18 heavy (non-hydrogen) atoms. The van der Waals surface area contributed by atoms with Crippen LogP contribution in [-0.2, 0) is 5.75 Å². The molecule has 0 radical (unpaired) electrons. The van der Waals surface area contributed by atoms with Gasteiger partial charge >= 0.3 is 0 Å². The highest BCUT2D eigenvalue weighted by molar-refractivity contribution is 7.98. The molecule has 0 saturated heterocycles. The van der Waals surface area contributed by atoms with Crippen molar-refractivity contribution in [1.82, 2.24) is 4.98 Å². The summed E-state index contributed by atoms with van der Waals surface area (Å²) in [5.41, 5.74) is 0. The number of fused-ring (bicyclic) bond motifs is 1. The Hall–Kier alpha value is -0.910. The molecule has 6 heteroatoms. The van der Waals surface area contributed by atoms with Gasteiger partial charge in [-0.25, -0.2) is 4.98 Å². The molecule has 3 rings (SSSR count). The van der Waals surface area contributed by atoms with E-state index < -0.39 is 0 Å².